The fraction of sp³-hybridized carbons (Fsp3) is 0.583. The topological polar surface area (TPSA) is 96.9 Å². The van der Waals surface area contributed by atoms with Crippen molar-refractivity contribution in [3.63, 3.8) is 0 Å². The van der Waals surface area contributed by atoms with Crippen molar-refractivity contribution in [3.8, 4) is 5.88 Å². The Kier molecular flexibility index (Phi) is 4.91. The van der Waals surface area contributed by atoms with Gasteiger partial charge in [0.05, 0.1) is 12.4 Å². The molecular weight excluding hydrogens is 246 g/mol. The predicted octanol–water partition coefficient (Wildman–Crippen LogP) is 0.436. The number of oxime groups is 1. The molecule has 0 radical (unpaired) electrons. The smallest absolute Gasteiger partial charge is 0.232 e. The number of piperidine rings is 1. The Hall–Kier alpha value is -1.89. The lowest BCUT2D eigenvalue weighted by molar-refractivity contribution is 0.180. The van der Waals surface area contributed by atoms with Crippen LogP contribution in [0.4, 0.5) is 0 Å². The highest BCUT2D eigenvalue weighted by Gasteiger charge is 2.09. The Morgan fingerprint density at radius 3 is 2.74 bits per heavy atom. The highest BCUT2D eigenvalue weighted by Crippen LogP contribution is 2.09. The normalized spacial score (nSPS) is 17.4. The van der Waals surface area contributed by atoms with E-state index in [0.29, 0.717) is 18.2 Å². The molecular formula is C12H19N5O2. The Bertz CT molecular complexity index is 415. The second-order valence-electron chi connectivity index (χ2n) is 4.48. The summed E-state index contributed by atoms with van der Waals surface area (Å²) in [4.78, 5) is 10.4. The molecule has 7 nitrogen and oxygen atoms in total. The van der Waals surface area contributed by atoms with Gasteiger partial charge in [-0.15, -0.1) is 0 Å². The van der Waals surface area contributed by atoms with E-state index in [1.165, 1.54) is 31.7 Å². The molecule has 1 fully saturated rings. The first-order valence-corrected chi connectivity index (χ1v) is 6.44. The Balaban J connectivity index is 1.76. The van der Waals surface area contributed by atoms with Crippen LogP contribution in [-0.4, -0.2) is 52.2 Å². The van der Waals surface area contributed by atoms with Gasteiger partial charge in [0, 0.05) is 6.54 Å². The molecule has 1 aliphatic heterocycles. The van der Waals surface area contributed by atoms with E-state index >= 15 is 0 Å². The lowest BCUT2D eigenvalue weighted by Gasteiger charge is -2.25. The average Bonchev–Trinajstić information content (AvgIpc) is 2.48. The van der Waals surface area contributed by atoms with Gasteiger partial charge in [0.2, 0.25) is 5.88 Å². The van der Waals surface area contributed by atoms with E-state index in [1.54, 1.807) is 0 Å². The fourth-order valence-electron chi connectivity index (χ4n) is 2.04. The zero-order valence-corrected chi connectivity index (χ0v) is 10.8. The molecule has 2 heterocycles. The molecule has 1 aromatic heterocycles. The van der Waals surface area contributed by atoms with Gasteiger partial charge in [-0.3, -0.25) is 4.90 Å². The maximum atomic E-state index is 8.50. The number of amidine groups is 1. The van der Waals surface area contributed by atoms with Crippen LogP contribution in [0.1, 0.15) is 25.0 Å². The van der Waals surface area contributed by atoms with Gasteiger partial charge in [-0.25, -0.2) is 9.97 Å². The maximum absolute atomic E-state index is 8.50. The summed E-state index contributed by atoms with van der Waals surface area (Å²) in [6.45, 7) is 3.80. The second kappa shape index (κ2) is 6.89. The number of aromatic nitrogens is 2. The van der Waals surface area contributed by atoms with Gasteiger partial charge < -0.3 is 15.7 Å². The van der Waals surface area contributed by atoms with Crippen LogP contribution < -0.4 is 10.5 Å². The number of nitrogens with two attached hydrogens (primary N) is 1. The molecule has 0 bridgehead atoms. The van der Waals surface area contributed by atoms with Crippen LogP contribution in [0.3, 0.4) is 0 Å². The summed E-state index contributed by atoms with van der Waals surface area (Å²) in [5, 5.41) is 11.4. The van der Waals surface area contributed by atoms with Crippen LogP contribution in [0.15, 0.2) is 17.5 Å². The number of ether oxygens (including phenoxy) is 1. The molecule has 1 saturated heterocycles. The third-order valence-electron chi connectivity index (χ3n) is 3.10. The number of nitrogens with zero attached hydrogens (tertiary/aromatic N) is 4. The van der Waals surface area contributed by atoms with Crippen LogP contribution in [0.5, 0.6) is 5.88 Å². The molecule has 0 spiro atoms. The van der Waals surface area contributed by atoms with E-state index in [-0.39, 0.29) is 5.84 Å². The summed E-state index contributed by atoms with van der Waals surface area (Å²) >= 11 is 0. The Morgan fingerprint density at radius 1 is 1.32 bits per heavy atom. The van der Waals surface area contributed by atoms with Crippen molar-refractivity contribution in [1.29, 1.82) is 0 Å². The van der Waals surface area contributed by atoms with E-state index in [2.05, 4.69) is 20.0 Å². The molecule has 104 valence electrons. The van der Waals surface area contributed by atoms with Crippen molar-refractivity contribution in [2.24, 2.45) is 10.9 Å². The first-order chi connectivity index (χ1) is 9.29. The third-order valence-corrected chi connectivity index (χ3v) is 3.10. The molecule has 0 saturated carbocycles. The van der Waals surface area contributed by atoms with Crippen molar-refractivity contribution in [3.05, 3.63) is 18.1 Å². The minimum atomic E-state index is -0.0626. The summed E-state index contributed by atoms with van der Waals surface area (Å²) in [5.74, 6) is 0.388. The molecule has 0 unspecified atom stereocenters. The Morgan fingerprint density at radius 2 is 2.11 bits per heavy atom. The maximum Gasteiger partial charge on any atom is 0.232 e. The summed E-state index contributed by atoms with van der Waals surface area (Å²) in [6.07, 6.45) is 6.77. The van der Waals surface area contributed by atoms with Crippen LogP contribution in [0.25, 0.3) is 0 Å². The van der Waals surface area contributed by atoms with Crippen molar-refractivity contribution in [1.82, 2.24) is 14.9 Å². The van der Waals surface area contributed by atoms with Gasteiger partial charge in [-0.05, 0) is 25.9 Å². The van der Waals surface area contributed by atoms with Crippen molar-refractivity contribution in [2.75, 3.05) is 26.2 Å². The van der Waals surface area contributed by atoms with Crippen molar-refractivity contribution in [2.45, 2.75) is 19.3 Å². The lowest BCUT2D eigenvalue weighted by Crippen LogP contribution is -2.33. The number of likely N-dealkylation sites (tertiary alicyclic amines) is 1. The van der Waals surface area contributed by atoms with E-state index in [4.69, 9.17) is 15.7 Å². The highest BCUT2D eigenvalue weighted by molar-refractivity contribution is 5.94. The van der Waals surface area contributed by atoms with Crippen molar-refractivity contribution >= 4 is 5.84 Å². The minimum absolute atomic E-state index is 0.0626. The van der Waals surface area contributed by atoms with Gasteiger partial charge in [0.15, 0.2) is 5.84 Å². The molecule has 1 aromatic rings. The van der Waals surface area contributed by atoms with Gasteiger partial charge >= 0.3 is 0 Å². The van der Waals surface area contributed by atoms with E-state index in [9.17, 15) is 0 Å². The first kappa shape index (κ1) is 13.5. The monoisotopic (exact) mass is 265 g/mol. The molecule has 0 aliphatic carbocycles. The predicted molar refractivity (Wildman–Crippen MR) is 70.3 cm³/mol. The molecule has 0 aromatic carbocycles. The minimum Gasteiger partial charge on any atom is -0.475 e. The largest absolute Gasteiger partial charge is 0.475 e. The van der Waals surface area contributed by atoms with E-state index in [1.807, 2.05) is 0 Å². The van der Waals surface area contributed by atoms with Gasteiger partial charge in [0.1, 0.15) is 12.3 Å². The first-order valence-electron chi connectivity index (χ1n) is 6.44. The summed E-state index contributed by atoms with van der Waals surface area (Å²) < 4.78 is 5.52. The third kappa shape index (κ3) is 4.06. The van der Waals surface area contributed by atoms with E-state index < -0.39 is 0 Å². The summed E-state index contributed by atoms with van der Waals surface area (Å²) in [7, 11) is 0. The highest BCUT2D eigenvalue weighted by atomic mass is 16.5. The summed E-state index contributed by atoms with van der Waals surface area (Å²) in [5.41, 5.74) is 5.72. The van der Waals surface area contributed by atoms with Crippen LogP contribution in [0.2, 0.25) is 0 Å². The molecule has 0 atom stereocenters. The molecule has 2 rings (SSSR count). The molecule has 3 N–H and O–H groups in total. The molecule has 7 heteroatoms. The number of rotatable bonds is 5. The molecule has 0 amide bonds. The van der Waals surface area contributed by atoms with Crippen LogP contribution in [0, 0.1) is 0 Å². The summed E-state index contributed by atoms with van der Waals surface area (Å²) in [6, 6.07) is 0. The van der Waals surface area contributed by atoms with Gasteiger partial charge in [-0.2, -0.15) is 0 Å². The SMILES string of the molecule is NC(=NO)c1cnc(OCCN2CCCCC2)cn1. The number of hydrogen-bond acceptors (Lipinski definition) is 6. The van der Waals surface area contributed by atoms with Gasteiger partial charge in [0.25, 0.3) is 0 Å². The van der Waals surface area contributed by atoms with Crippen molar-refractivity contribution < 1.29 is 9.94 Å². The zero-order valence-electron chi connectivity index (χ0n) is 10.8. The van der Waals surface area contributed by atoms with E-state index in [0.717, 1.165) is 19.6 Å². The molecule has 1 aliphatic rings. The van der Waals surface area contributed by atoms with Gasteiger partial charge in [-0.1, -0.05) is 11.6 Å². The average molecular weight is 265 g/mol. The van der Waals surface area contributed by atoms with Crippen LogP contribution >= 0.6 is 0 Å². The zero-order chi connectivity index (χ0) is 13.5. The molecule has 19 heavy (non-hydrogen) atoms. The number of hydrogen-bond donors (Lipinski definition) is 2. The Labute approximate surface area is 112 Å². The second-order valence-corrected chi connectivity index (χ2v) is 4.48. The quantitative estimate of drug-likeness (QED) is 0.347. The lowest BCUT2D eigenvalue weighted by atomic mass is 10.1. The van der Waals surface area contributed by atoms with Crippen LogP contribution in [-0.2, 0) is 0 Å². The fourth-order valence-corrected chi connectivity index (χ4v) is 2.04. The standard InChI is InChI=1S/C12H19N5O2/c13-12(16-18)10-8-15-11(9-14-10)19-7-6-17-4-2-1-3-5-17/h8-9,18H,1-7H2,(H2,13,16).